The molecule has 1 aromatic rings. The summed E-state index contributed by atoms with van der Waals surface area (Å²) in [5.74, 6) is 1.03. The lowest BCUT2D eigenvalue weighted by Gasteiger charge is -2.40. The van der Waals surface area contributed by atoms with Gasteiger partial charge in [0.25, 0.3) is 0 Å². The summed E-state index contributed by atoms with van der Waals surface area (Å²) >= 11 is 0. The molecule has 0 radical (unpaired) electrons. The molecule has 128 valence electrons. The van der Waals surface area contributed by atoms with E-state index in [1.807, 2.05) is 0 Å². The van der Waals surface area contributed by atoms with Crippen molar-refractivity contribution < 1.29 is 4.74 Å². The van der Waals surface area contributed by atoms with Crippen LogP contribution in [-0.4, -0.2) is 43.2 Å². The van der Waals surface area contributed by atoms with Gasteiger partial charge in [-0.25, -0.2) is 0 Å². The molecule has 2 fully saturated rings. The van der Waals surface area contributed by atoms with Crippen LogP contribution in [0, 0.1) is 0 Å². The Kier molecular flexibility index (Phi) is 5.82. The molecule has 0 spiro atoms. The third-order valence-corrected chi connectivity index (χ3v) is 5.22. The Morgan fingerprint density at radius 3 is 2.22 bits per heavy atom. The third-order valence-electron chi connectivity index (χ3n) is 5.22. The maximum Gasteiger partial charge on any atom is 0.142 e. The number of ether oxygens (including phenoxy) is 1. The minimum absolute atomic E-state index is 0.225. The number of nitrogens with zero attached hydrogens (tertiary/aromatic N) is 2. The molecule has 1 aliphatic heterocycles. The van der Waals surface area contributed by atoms with Gasteiger partial charge in [-0.15, -0.1) is 0 Å². The summed E-state index contributed by atoms with van der Waals surface area (Å²) < 4.78 is 6.00. The lowest BCUT2D eigenvalue weighted by Crippen LogP contribution is -2.50. The van der Waals surface area contributed by atoms with Gasteiger partial charge >= 0.3 is 0 Å². The first-order valence-corrected chi connectivity index (χ1v) is 9.49. The summed E-state index contributed by atoms with van der Waals surface area (Å²) in [4.78, 5) is 5.25. The van der Waals surface area contributed by atoms with Gasteiger partial charge in [-0.1, -0.05) is 37.8 Å². The van der Waals surface area contributed by atoms with Crippen molar-refractivity contribution >= 4 is 5.69 Å². The van der Waals surface area contributed by atoms with E-state index in [4.69, 9.17) is 4.74 Å². The standard InChI is InChI=1S/C20H32N2O/c1-17(2)23-20-12-8-7-11-19(20)22-15-13-21(14-16-22)18-9-5-3-4-6-10-18/h7-8,11-12,17-18H,3-6,9-10,13-16H2,1-2H3. The molecule has 1 saturated heterocycles. The van der Waals surface area contributed by atoms with E-state index in [0.29, 0.717) is 0 Å². The largest absolute Gasteiger partial charge is 0.489 e. The molecule has 1 aliphatic carbocycles. The summed E-state index contributed by atoms with van der Waals surface area (Å²) in [5.41, 5.74) is 1.27. The van der Waals surface area contributed by atoms with Gasteiger partial charge in [-0.05, 0) is 38.8 Å². The van der Waals surface area contributed by atoms with Crippen molar-refractivity contribution in [1.82, 2.24) is 4.90 Å². The van der Waals surface area contributed by atoms with Gasteiger partial charge < -0.3 is 9.64 Å². The van der Waals surface area contributed by atoms with Crippen molar-refractivity contribution in [3.05, 3.63) is 24.3 Å². The van der Waals surface area contributed by atoms with E-state index in [9.17, 15) is 0 Å². The van der Waals surface area contributed by atoms with Gasteiger partial charge in [-0.2, -0.15) is 0 Å². The number of rotatable bonds is 4. The fourth-order valence-corrected chi connectivity index (χ4v) is 4.02. The smallest absolute Gasteiger partial charge is 0.142 e. The molecular weight excluding hydrogens is 284 g/mol. The van der Waals surface area contributed by atoms with Crippen molar-refractivity contribution in [3.63, 3.8) is 0 Å². The van der Waals surface area contributed by atoms with E-state index in [-0.39, 0.29) is 6.10 Å². The number of piperazine rings is 1. The molecule has 1 saturated carbocycles. The maximum absolute atomic E-state index is 6.00. The van der Waals surface area contributed by atoms with Crippen LogP contribution in [0.3, 0.4) is 0 Å². The first-order valence-electron chi connectivity index (χ1n) is 9.49. The van der Waals surface area contributed by atoms with Crippen molar-refractivity contribution in [2.75, 3.05) is 31.1 Å². The summed E-state index contributed by atoms with van der Waals surface area (Å²) in [6.07, 6.45) is 8.78. The maximum atomic E-state index is 6.00. The van der Waals surface area contributed by atoms with Crippen LogP contribution in [0.1, 0.15) is 52.4 Å². The van der Waals surface area contributed by atoms with E-state index >= 15 is 0 Å². The molecular formula is C20H32N2O. The molecule has 3 rings (SSSR count). The zero-order valence-corrected chi connectivity index (χ0v) is 14.8. The van der Waals surface area contributed by atoms with Crippen LogP contribution in [0.15, 0.2) is 24.3 Å². The molecule has 0 aromatic heterocycles. The van der Waals surface area contributed by atoms with E-state index in [1.54, 1.807) is 0 Å². The second kappa shape index (κ2) is 8.05. The number of anilines is 1. The van der Waals surface area contributed by atoms with Crippen LogP contribution in [0.2, 0.25) is 0 Å². The lowest BCUT2D eigenvalue weighted by atomic mass is 10.1. The first-order chi connectivity index (χ1) is 11.2. The molecule has 3 nitrogen and oxygen atoms in total. The average Bonchev–Trinajstić information content (AvgIpc) is 2.84. The molecule has 0 bridgehead atoms. The number of para-hydroxylation sites is 2. The number of hydrogen-bond donors (Lipinski definition) is 0. The molecule has 1 aromatic carbocycles. The Bertz CT molecular complexity index is 472. The quantitative estimate of drug-likeness (QED) is 0.770. The van der Waals surface area contributed by atoms with Crippen LogP contribution in [-0.2, 0) is 0 Å². The fraction of sp³-hybridized carbons (Fsp3) is 0.700. The van der Waals surface area contributed by atoms with Gasteiger partial charge in [0.05, 0.1) is 11.8 Å². The lowest BCUT2D eigenvalue weighted by molar-refractivity contribution is 0.168. The second-order valence-corrected chi connectivity index (χ2v) is 7.30. The van der Waals surface area contributed by atoms with E-state index < -0.39 is 0 Å². The van der Waals surface area contributed by atoms with Gasteiger partial charge in [0.15, 0.2) is 0 Å². The van der Waals surface area contributed by atoms with Gasteiger partial charge in [-0.3, -0.25) is 4.90 Å². The average molecular weight is 316 g/mol. The molecule has 0 N–H and O–H groups in total. The Balaban J connectivity index is 1.60. The molecule has 1 heterocycles. The van der Waals surface area contributed by atoms with E-state index in [1.165, 1.54) is 57.3 Å². The monoisotopic (exact) mass is 316 g/mol. The molecule has 0 amide bonds. The normalized spacial score (nSPS) is 21.4. The summed E-state index contributed by atoms with van der Waals surface area (Å²) in [7, 11) is 0. The highest BCUT2D eigenvalue weighted by Gasteiger charge is 2.25. The minimum atomic E-state index is 0.225. The summed E-state index contributed by atoms with van der Waals surface area (Å²) in [5, 5.41) is 0. The van der Waals surface area contributed by atoms with E-state index in [2.05, 4.69) is 47.9 Å². The van der Waals surface area contributed by atoms with Crippen molar-refractivity contribution in [2.45, 2.75) is 64.5 Å². The Hall–Kier alpha value is -1.22. The highest BCUT2D eigenvalue weighted by Crippen LogP contribution is 2.30. The van der Waals surface area contributed by atoms with Crippen LogP contribution >= 0.6 is 0 Å². The molecule has 0 unspecified atom stereocenters. The van der Waals surface area contributed by atoms with Crippen LogP contribution in [0.5, 0.6) is 5.75 Å². The summed E-state index contributed by atoms with van der Waals surface area (Å²) in [6, 6.07) is 9.34. The predicted octanol–water partition coefficient (Wildman–Crippen LogP) is 4.32. The van der Waals surface area contributed by atoms with Crippen molar-refractivity contribution in [2.24, 2.45) is 0 Å². The Morgan fingerprint density at radius 1 is 0.913 bits per heavy atom. The molecule has 2 aliphatic rings. The third kappa shape index (κ3) is 4.41. The van der Waals surface area contributed by atoms with Gasteiger partial charge in [0, 0.05) is 32.2 Å². The highest BCUT2D eigenvalue weighted by molar-refractivity contribution is 5.58. The zero-order chi connectivity index (χ0) is 16.1. The zero-order valence-electron chi connectivity index (χ0n) is 14.8. The van der Waals surface area contributed by atoms with Crippen molar-refractivity contribution in [1.29, 1.82) is 0 Å². The molecule has 3 heteroatoms. The predicted molar refractivity (Wildman–Crippen MR) is 97.5 cm³/mol. The van der Waals surface area contributed by atoms with Crippen LogP contribution < -0.4 is 9.64 Å². The number of hydrogen-bond acceptors (Lipinski definition) is 3. The number of benzene rings is 1. The first kappa shape index (κ1) is 16.6. The van der Waals surface area contributed by atoms with Gasteiger partial charge in [0.1, 0.15) is 5.75 Å². The molecule has 0 atom stereocenters. The second-order valence-electron chi connectivity index (χ2n) is 7.30. The SMILES string of the molecule is CC(C)Oc1ccccc1N1CCN(C2CCCCCC2)CC1. The molecule has 23 heavy (non-hydrogen) atoms. The topological polar surface area (TPSA) is 15.7 Å². The van der Waals surface area contributed by atoms with Crippen LogP contribution in [0.25, 0.3) is 0 Å². The summed E-state index contributed by atoms with van der Waals surface area (Å²) in [6.45, 7) is 8.83. The van der Waals surface area contributed by atoms with Gasteiger partial charge in [0.2, 0.25) is 0 Å². The van der Waals surface area contributed by atoms with Crippen molar-refractivity contribution in [3.8, 4) is 5.75 Å². The Morgan fingerprint density at radius 2 is 1.57 bits per heavy atom. The van der Waals surface area contributed by atoms with Crippen LogP contribution in [0.4, 0.5) is 5.69 Å². The minimum Gasteiger partial charge on any atom is -0.489 e. The highest BCUT2D eigenvalue weighted by atomic mass is 16.5. The Labute approximate surface area is 141 Å². The fourth-order valence-electron chi connectivity index (χ4n) is 4.02. The van der Waals surface area contributed by atoms with E-state index in [0.717, 1.165) is 24.9 Å².